The van der Waals surface area contributed by atoms with Crippen molar-refractivity contribution >= 4 is 21.4 Å². The molecule has 0 aliphatic carbocycles. The van der Waals surface area contributed by atoms with Crippen molar-refractivity contribution in [3.8, 4) is 0 Å². The van der Waals surface area contributed by atoms with Gasteiger partial charge in [-0.25, -0.2) is 8.42 Å². The summed E-state index contributed by atoms with van der Waals surface area (Å²) in [7, 11) is -1.72. The Bertz CT molecular complexity index is 386. The molecule has 0 saturated carbocycles. The zero-order valence-corrected chi connectivity index (χ0v) is 10.5. The Morgan fingerprint density at radius 2 is 2.27 bits per heavy atom. The van der Waals surface area contributed by atoms with E-state index in [1.54, 1.807) is 24.6 Å². The maximum Gasteiger partial charge on any atom is 0.252 e. The minimum Gasteiger partial charge on any atom is -0.330 e. The number of hydrogen-bond acceptors (Lipinski definition) is 4. The van der Waals surface area contributed by atoms with E-state index in [1.807, 2.05) is 6.92 Å². The van der Waals surface area contributed by atoms with Gasteiger partial charge in [-0.3, -0.25) is 0 Å². The van der Waals surface area contributed by atoms with E-state index in [0.717, 1.165) is 0 Å². The van der Waals surface area contributed by atoms with Crippen molar-refractivity contribution in [3.63, 3.8) is 0 Å². The molecule has 0 spiro atoms. The fourth-order valence-corrected chi connectivity index (χ4v) is 3.67. The molecule has 2 N–H and O–H groups in total. The van der Waals surface area contributed by atoms with E-state index in [4.69, 9.17) is 5.73 Å². The lowest BCUT2D eigenvalue weighted by molar-refractivity contribution is 0.406. The van der Waals surface area contributed by atoms with Crippen molar-refractivity contribution in [1.82, 2.24) is 4.31 Å². The Hall–Kier alpha value is -0.430. The van der Waals surface area contributed by atoms with Crippen LogP contribution in [-0.4, -0.2) is 32.9 Å². The summed E-state index contributed by atoms with van der Waals surface area (Å²) in [6.45, 7) is 2.88. The second kappa shape index (κ2) is 5.07. The van der Waals surface area contributed by atoms with Crippen molar-refractivity contribution in [2.75, 3.05) is 20.1 Å². The molecule has 0 aliphatic rings. The number of nitrogens with zero attached hydrogens (tertiary/aromatic N) is 1. The molecule has 4 nitrogen and oxygen atoms in total. The van der Waals surface area contributed by atoms with Gasteiger partial charge in [-0.2, -0.15) is 4.31 Å². The van der Waals surface area contributed by atoms with Gasteiger partial charge in [-0.15, -0.1) is 11.3 Å². The van der Waals surface area contributed by atoms with E-state index in [0.29, 0.717) is 17.3 Å². The van der Waals surface area contributed by atoms with Crippen LogP contribution in [0.15, 0.2) is 21.7 Å². The van der Waals surface area contributed by atoms with E-state index in [2.05, 4.69) is 0 Å². The lowest BCUT2D eigenvalue weighted by Crippen LogP contribution is -2.33. The molecular formula is C9H16N2O2S2. The van der Waals surface area contributed by atoms with Crippen LogP contribution >= 0.6 is 11.3 Å². The summed E-state index contributed by atoms with van der Waals surface area (Å²) in [5.41, 5.74) is 5.46. The van der Waals surface area contributed by atoms with Crippen LogP contribution in [0.25, 0.3) is 0 Å². The van der Waals surface area contributed by atoms with Gasteiger partial charge in [0.05, 0.1) is 0 Å². The lowest BCUT2D eigenvalue weighted by atomic mass is 10.2. The summed E-state index contributed by atoms with van der Waals surface area (Å²) in [6, 6.07) is 3.35. The van der Waals surface area contributed by atoms with Gasteiger partial charge in [0.2, 0.25) is 0 Å². The quantitative estimate of drug-likeness (QED) is 0.844. The average Bonchev–Trinajstić information content (AvgIpc) is 2.70. The van der Waals surface area contributed by atoms with Gasteiger partial charge >= 0.3 is 0 Å². The van der Waals surface area contributed by atoms with Crippen LogP contribution in [0.5, 0.6) is 0 Å². The Kier molecular flexibility index (Phi) is 4.27. The van der Waals surface area contributed by atoms with E-state index >= 15 is 0 Å². The second-order valence-electron chi connectivity index (χ2n) is 3.56. The summed E-state index contributed by atoms with van der Waals surface area (Å²) in [6.07, 6.45) is 0. The van der Waals surface area contributed by atoms with Crippen LogP contribution in [-0.2, 0) is 10.0 Å². The minimum atomic E-state index is -3.30. The Labute approximate surface area is 94.8 Å². The molecule has 15 heavy (non-hydrogen) atoms. The minimum absolute atomic E-state index is 0.171. The van der Waals surface area contributed by atoms with Crippen molar-refractivity contribution in [1.29, 1.82) is 0 Å². The van der Waals surface area contributed by atoms with Gasteiger partial charge in [0.15, 0.2) is 0 Å². The third-order valence-corrected chi connectivity index (χ3v) is 5.33. The van der Waals surface area contributed by atoms with Crippen molar-refractivity contribution < 1.29 is 8.42 Å². The second-order valence-corrected chi connectivity index (χ2v) is 6.78. The van der Waals surface area contributed by atoms with Crippen LogP contribution in [0.3, 0.4) is 0 Å². The summed E-state index contributed by atoms with van der Waals surface area (Å²) in [5.74, 6) is 0.171. The first-order valence-corrected chi connectivity index (χ1v) is 7.00. The molecule has 0 radical (unpaired) electrons. The van der Waals surface area contributed by atoms with E-state index < -0.39 is 10.0 Å². The zero-order chi connectivity index (χ0) is 11.5. The van der Waals surface area contributed by atoms with Gasteiger partial charge in [-0.1, -0.05) is 13.0 Å². The number of sulfonamides is 1. The normalized spacial score (nSPS) is 14.4. The Morgan fingerprint density at radius 1 is 1.60 bits per heavy atom. The van der Waals surface area contributed by atoms with Gasteiger partial charge in [0.1, 0.15) is 4.21 Å². The molecule has 0 aromatic carbocycles. The third-order valence-electron chi connectivity index (χ3n) is 2.13. The molecule has 0 bridgehead atoms. The lowest BCUT2D eigenvalue weighted by Gasteiger charge is -2.19. The van der Waals surface area contributed by atoms with Crippen LogP contribution in [0.2, 0.25) is 0 Å². The van der Waals surface area contributed by atoms with Gasteiger partial charge < -0.3 is 5.73 Å². The highest BCUT2D eigenvalue weighted by molar-refractivity contribution is 7.91. The number of rotatable bonds is 5. The molecule has 1 atom stereocenters. The molecule has 0 aliphatic heterocycles. The van der Waals surface area contributed by atoms with E-state index in [9.17, 15) is 8.42 Å². The highest BCUT2D eigenvalue weighted by atomic mass is 32.2. The first-order valence-electron chi connectivity index (χ1n) is 4.68. The predicted molar refractivity (Wildman–Crippen MR) is 62.4 cm³/mol. The fourth-order valence-electron chi connectivity index (χ4n) is 1.18. The predicted octanol–water partition coefficient (Wildman–Crippen LogP) is 0.963. The maximum absolute atomic E-state index is 11.9. The summed E-state index contributed by atoms with van der Waals surface area (Å²) >= 11 is 1.23. The maximum atomic E-state index is 11.9. The largest absolute Gasteiger partial charge is 0.330 e. The van der Waals surface area contributed by atoms with Gasteiger partial charge in [0, 0.05) is 13.6 Å². The zero-order valence-electron chi connectivity index (χ0n) is 8.88. The topological polar surface area (TPSA) is 63.4 Å². The standard InChI is InChI=1S/C9H16N2O2S2/c1-8(6-10)7-11(2)15(12,13)9-4-3-5-14-9/h3-5,8H,6-7,10H2,1-2H3. The molecule has 86 valence electrons. The van der Waals surface area contributed by atoms with Crippen LogP contribution in [0.4, 0.5) is 0 Å². The SMILES string of the molecule is CC(CN)CN(C)S(=O)(=O)c1cccs1. The summed E-state index contributed by atoms with van der Waals surface area (Å²) in [4.78, 5) is 0. The molecule has 0 saturated heterocycles. The monoisotopic (exact) mass is 248 g/mol. The smallest absolute Gasteiger partial charge is 0.252 e. The van der Waals surface area contributed by atoms with Crippen molar-refractivity contribution in [2.45, 2.75) is 11.1 Å². The van der Waals surface area contributed by atoms with Crippen LogP contribution in [0.1, 0.15) is 6.92 Å². The molecule has 6 heteroatoms. The average molecular weight is 248 g/mol. The molecule has 0 fully saturated rings. The van der Waals surface area contributed by atoms with Crippen molar-refractivity contribution in [2.24, 2.45) is 11.7 Å². The number of nitrogens with two attached hydrogens (primary N) is 1. The van der Waals surface area contributed by atoms with Gasteiger partial charge in [0.25, 0.3) is 10.0 Å². The molecule has 1 rings (SSSR count). The molecule has 1 heterocycles. The van der Waals surface area contributed by atoms with Crippen molar-refractivity contribution in [3.05, 3.63) is 17.5 Å². The number of thiophene rings is 1. The van der Waals surface area contributed by atoms with E-state index in [-0.39, 0.29) is 5.92 Å². The third kappa shape index (κ3) is 3.01. The molecule has 1 unspecified atom stereocenters. The summed E-state index contributed by atoms with van der Waals surface area (Å²) in [5, 5.41) is 1.76. The molecule has 1 aromatic heterocycles. The highest BCUT2D eigenvalue weighted by Gasteiger charge is 2.22. The molecule has 0 amide bonds. The Balaban J connectivity index is 2.79. The van der Waals surface area contributed by atoms with Crippen LogP contribution in [0, 0.1) is 5.92 Å². The van der Waals surface area contributed by atoms with Crippen LogP contribution < -0.4 is 5.73 Å². The molecule has 1 aromatic rings. The fraction of sp³-hybridized carbons (Fsp3) is 0.556. The summed E-state index contributed by atoms with van der Waals surface area (Å²) < 4.78 is 25.6. The first kappa shape index (κ1) is 12.6. The Morgan fingerprint density at radius 3 is 2.73 bits per heavy atom. The molecular weight excluding hydrogens is 232 g/mol. The van der Waals surface area contributed by atoms with E-state index in [1.165, 1.54) is 15.6 Å². The first-order chi connectivity index (χ1) is 6.98. The van der Waals surface area contributed by atoms with Gasteiger partial charge in [-0.05, 0) is 23.9 Å². The number of hydrogen-bond donors (Lipinski definition) is 1. The highest BCUT2D eigenvalue weighted by Crippen LogP contribution is 2.20.